The summed E-state index contributed by atoms with van der Waals surface area (Å²) in [6.07, 6.45) is -4.10. The fourth-order valence-corrected chi connectivity index (χ4v) is 4.98. The third-order valence-electron chi connectivity index (χ3n) is 5.97. The van der Waals surface area contributed by atoms with Gasteiger partial charge in [-0.05, 0) is 56.4 Å². The Balaban J connectivity index is 1.54. The number of carbonyl (C=O) groups excluding carboxylic acids is 2. The van der Waals surface area contributed by atoms with Crippen molar-refractivity contribution in [1.82, 2.24) is 10.2 Å². The number of halogens is 4. The van der Waals surface area contributed by atoms with Gasteiger partial charge in [0.05, 0.1) is 6.07 Å². The topological polar surface area (TPSA) is 73.2 Å². The van der Waals surface area contributed by atoms with Crippen LogP contribution in [0.2, 0.25) is 0 Å². The highest BCUT2D eigenvalue weighted by Crippen LogP contribution is 2.59. The molecule has 10 heteroatoms. The van der Waals surface area contributed by atoms with Crippen LogP contribution in [0, 0.1) is 22.6 Å². The molecular formula is C20H19F4N3O2S. The molecule has 3 aliphatic rings. The van der Waals surface area contributed by atoms with E-state index in [0.29, 0.717) is 17.7 Å². The summed E-state index contributed by atoms with van der Waals surface area (Å²) in [5, 5.41) is 11.5. The first-order chi connectivity index (χ1) is 14.1. The third-order valence-corrected chi connectivity index (χ3v) is 7.19. The SMILES string of the molecule is N#CC1(NC(=O)[C@@H]2C[C@@H](Sc3ccc(F)cc3)CN2C(=O)C2(C(F)(F)F)CC2)CC1. The Hall–Kier alpha value is -2.28. The normalized spacial score (nSPS) is 26.0. The van der Waals surface area contributed by atoms with Crippen LogP contribution in [0.25, 0.3) is 0 Å². The molecule has 1 heterocycles. The van der Waals surface area contributed by atoms with Crippen molar-refractivity contribution in [2.75, 3.05) is 6.54 Å². The summed E-state index contributed by atoms with van der Waals surface area (Å²) in [5.74, 6) is -2.08. The Labute approximate surface area is 174 Å². The van der Waals surface area contributed by atoms with Crippen LogP contribution in [0.15, 0.2) is 29.2 Å². The summed E-state index contributed by atoms with van der Waals surface area (Å²) in [5.41, 5.74) is -3.39. The van der Waals surface area contributed by atoms with Crippen molar-refractivity contribution in [2.24, 2.45) is 5.41 Å². The van der Waals surface area contributed by atoms with Crippen LogP contribution in [0.1, 0.15) is 32.1 Å². The van der Waals surface area contributed by atoms with Gasteiger partial charge in [0.2, 0.25) is 11.8 Å². The molecule has 3 fully saturated rings. The number of benzene rings is 1. The monoisotopic (exact) mass is 441 g/mol. The lowest BCUT2D eigenvalue weighted by molar-refractivity contribution is -0.199. The minimum absolute atomic E-state index is 0.0175. The van der Waals surface area contributed by atoms with E-state index in [4.69, 9.17) is 0 Å². The lowest BCUT2D eigenvalue weighted by Crippen LogP contribution is -2.53. The number of alkyl halides is 3. The van der Waals surface area contributed by atoms with E-state index in [0.717, 1.165) is 4.90 Å². The van der Waals surface area contributed by atoms with E-state index in [1.807, 2.05) is 6.07 Å². The number of nitriles is 1. The van der Waals surface area contributed by atoms with E-state index >= 15 is 0 Å². The van der Waals surface area contributed by atoms with Crippen molar-refractivity contribution in [3.63, 3.8) is 0 Å². The average Bonchev–Trinajstić information content (AvgIpc) is 3.60. The van der Waals surface area contributed by atoms with E-state index in [1.54, 1.807) is 12.1 Å². The van der Waals surface area contributed by atoms with Crippen molar-refractivity contribution in [2.45, 2.75) is 60.0 Å². The van der Waals surface area contributed by atoms with E-state index in [1.165, 1.54) is 23.9 Å². The number of amides is 2. The Morgan fingerprint density at radius 2 is 1.80 bits per heavy atom. The molecule has 1 aromatic carbocycles. The minimum Gasteiger partial charge on any atom is -0.336 e. The van der Waals surface area contributed by atoms with E-state index < -0.39 is 40.8 Å². The third kappa shape index (κ3) is 3.75. The molecule has 5 nitrogen and oxygen atoms in total. The van der Waals surface area contributed by atoms with Gasteiger partial charge in [-0.2, -0.15) is 18.4 Å². The summed E-state index contributed by atoms with van der Waals surface area (Å²) >= 11 is 1.29. The largest absolute Gasteiger partial charge is 0.403 e. The smallest absolute Gasteiger partial charge is 0.336 e. The molecule has 1 N–H and O–H groups in total. The van der Waals surface area contributed by atoms with Crippen molar-refractivity contribution < 1.29 is 27.2 Å². The Morgan fingerprint density at radius 3 is 2.30 bits per heavy atom. The zero-order valence-electron chi connectivity index (χ0n) is 15.8. The predicted octanol–water partition coefficient (Wildman–Crippen LogP) is 3.40. The number of thioether (sulfide) groups is 1. The maximum atomic E-state index is 13.5. The first-order valence-corrected chi connectivity index (χ1v) is 10.5. The van der Waals surface area contributed by atoms with E-state index in [2.05, 4.69) is 5.32 Å². The molecule has 1 saturated heterocycles. The quantitative estimate of drug-likeness (QED) is 0.711. The molecule has 0 radical (unpaired) electrons. The lowest BCUT2D eigenvalue weighted by atomic mass is 10.0. The summed E-state index contributed by atoms with van der Waals surface area (Å²) in [7, 11) is 0. The van der Waals surface area contributed by atoms with Crippen LogP contribution < -0.4 is 5.32 Å². The van der Waals surface area contributed by atoms with Gasteiger partial charge in [0, 0.05) is 16.7 Å². The highest BCUT2D eigenvalue weighted by atomic mass is 32.2. The summed E-state index contributed by atoms with van der Waals surface area (Å²) < 4.78 is 53.7. The molecule has 1 aliphatic heterocycles. The number of hydrogen-bond acceptors (Lipinski definition) is 4. The molecule has 2 saturated carbocycles. The average molecular weight is 441 g/mol. The summed E-state index contributed by atoms with van der Waals surface area (Å²) in [4.78, 5) is 27.4. The molecular weight excluding hydrogens is 422 g/mol. The van der Waals surface area contributed by atoms with Gasteiger partial charge in [0.1, 0.15) is 22.8 Å². The standard InChI is InChI=1S/C20H19F4N3O2S/c21-12-1-3-13(4-2-12)30-14-9-15(16(28)26-18(11-25)5-6-18)27(10-14)17(29)19(7-8-19)20(22,23)24/h1-4,14-15H,5-10H2,(H,26,28)/t14-,15+/m1/s1. The Bertz CT molecular complexity index is 904. The van der Waals surface area contributed by atoms with Crippen molar-refractivity contribution in [1.29, 1.82) is 5.26 Å². The zero-order chi connectivity index (χ0) is 21.7. The van der Waals surface area contributed by atoms with Crippen LogP contribution in [0.4, 0.5) is 17.6 Å². The minimum atomic E-state index is -4.67. The van der Waals surface area contributed by atoms with Crippen molar-refractivity contribution >= 4 is 23.6 Å². The highest BCUT2D eigenvalue weighted by Gasteiger charge is 2.70. The number of hydrogen-bond donors (Lipinski definition) is 1. The number of nitrogens with one attached hydrogen (secondary N) is 1. The van der Waals surface area contributed by atoms with E-state index in [9.17, 15) is 32.4 Å². The van der Waals surface area contributed by atoms with Crippen molar-refractivity contribution in [3.05, 3.63) is 30.1 Å². The number of rotatable bonds is 5. The second kappa shape index (κ2) is 7.15. The fourth-order valence-electron chi connectivity index (χ4n) is 3.79. The van der Waals surface area contributed by atoms with Gasteiger partial charge in [0.25, 0.3) is 0 Å². The van der Waals surface area contributed by atoms with Crippen LogP contribution in [0.5, 0.6) is 0 Å². The maximum absolute atomic E-state index is 13.5. The number of nitrogens with zero attached hydrogens (tertiary/aromatic N) is 2. The van der Waals surface area contributed by atoms with Gasteiger partial charge in [-0.3, -0.25) is 9.59 Å². The van der Waals surface area contributed by atoms with Gasteiger partial charge in [0.15, 0.2) is 0 Å². The molecule has 1 aromatic rings. The van der Waals surface area contributed by atoms with Crippen LogP contribution in [-0.4, -0.2) is 46.3 Å². The van der Waals surface area contributed by atoms with Gasteiger partial charge in [-0.15, -0.1) is 11.8 Å². The Morgan fingerprint density at radius 1 is 1.17 bits per heavy atom. The van der Waals surface area contributed by atoms with E-state index in [-0.39, 0.29) is 31.1 Å². The highest BCUT2D eigenvalue weighted by molar-refractivity contribution is 8.00. The summed E-state index contributed by atoms with van der Waals surface area (Å²) in [6.45, 7) is -0.0175. The van der Waals surface area contributed by atoms with Crippen molar-refractivity contribution in [3.8, 4) is 6.07 Å². The van der Waals surface area contributed by atoms with Gasteiger partial charge in [-0.25, -0.2) is 4.39 Å². The van der Waals surface area contributed by atoms with Gasteiger partial charge >= 0.3 is 6.18 Å². The molecule has 2 atom stereocenters. The molecule has 160 valence electrons. The molecule has 0 spiro atoms. The van der Waals surface area contributed by atoms with Gasteiger partial charge < -0.3 is 10.2 Å². The molecule has 2 aliphatic carbocycles. The predicted molar refractivity (Wildman–Crippen MR) is 99.6 cm³/mol. The van der Waals surface area contributed by atoms with Crippen LogP contribution in [-0.2, 0) is 9.59 Å². The zero-order valence-corrected chi connectivity index (χ0v) is 16.7. The molecule has 4 rings (SSSR count). The van der Waals surface area contributed by atoms with Crippen LogP contribution >= 0.6 is 11.8 Å². The second-order valence-electron chi connectivity index (χ2n) is 8.17. The molecule has 0 unspecified atom stereocenters. The first kappa shape index (κ1) is 21.0. The molecule has 0 aromatic heterocycles. The molecule has 2 amide bonds. The number of carbonyl (C=O) groups is 2. The van der Waals surface area contributed by atoms with Crippen LogP contribution in [0.3, 0.4) is 0 Å². The lowest BCUT2D eigenvalue weighted by Gasteiger charge is -2.29. The van der Waals surface area contributed by atoms with Gasteiger partial charge in [-0.1, -0.05) is 0 Å². The summed E-state index contributed by atoms with van der Waals surface area (Å²) in [6, 6.07) is 6.60. The molecule has 0 bridgehead atoms. The molecule has 30 heavy (non-hydrogen) atoms. The maximum Gasteiger partial charge on any atom is 0.403 e. The first-order valence-electron chi connectivity index (χ1n) is 9.62. The second-order valence-corrected chi connectivity index (χ2v) is 9.54. The Kier molecular flexibility index (Phi) is 5.00. The fraction of sp³-hybridized carbons (Fsp3) is 0.550. The number of likely N-dealkylation sites (tertiary alicyclic amines) is 1.